The van der Waals surface area contributed by atoms with Crippen molar-refractivity contribution in [2.75, 3.05) is 26.5 Å². The lowest BCUT2D eigenvalue weighted by atomic mass is 9.48. The number of nitrogens with zero attached hydrogens (tertiary/aromatic N) is 1. The van der Waals surface area contributed by atoms with Crippen molar-refractivity contribution in [2.45, 2.75) is 81.5 Å². The molecule has 1 aromatic carbocycles. The third-order valence-corrected chi connectivity index (χ3v) is 8.81. The van der Waals surface area contributed by atoms with E-state index in [2.05, 4.69) is 17.5 Å². The van der Waals surface area contributed by atoms with Gasteiger partial charge in [-0.3, -0.25) is 4.90 Å². The molecule has 2 heterocycles. The topological polar surface area (TPSA) is 77.5 Å². The van der Waals surface area contributed by atoms with Gasteiger partial charge in [0.1, 0.15) is 6.10 Å². The van der Waals surface area contributed by atoms with Gasteiger partial charge in [0.15, 0.2) is 11.5 Å². The molecule has 1 N–H and O–H groups in total. The summed E-state index contributed by atoms with van der Waals surface area (Å²) < 4.78 is 22.6. The summed E-state index contributed by atoms with van der Waals surface area (Å²) in [6.45, 7) is 8.53. The van der Waals surface area contributed by atoms with E-state index < -0.39 is 17.2 Å². The summed E-state index contributed by atoms with van der Waals surface area (Å²) in [6, 6.07) is 4.11. The number of ether oxygens (including phenoxy) is 4. The Kier molecular flexibility index (Phi) is 5.34. The van der Waals surface area contributed by atoms with E-state index in [1.54, 1.807) is 0 Å². The van der Waals surface area contributed by atoms with Crippen molar-refractivity contribution in [3.63, 3.8) is 0 Å². The van der Waals surface area contributed by atoms with Gasteiger partial charge in [0.2, 0.25) is 6.79 Å². The van der Waals surface area contributed by atoms with E-state index in [0.717, 1.165) is 62.2 Å². The quantitative estimate of drug-likeness (QED) is 0.266. The lowest BCUT2D eigenvalue weighted by Gasteiger charge is -2.63. The van der Waals surface area contributed by atoms with Gasteiger partial charge >= 0.3 is 6.16 Å². The Balaban J connectivity index is 1.29. The Bertz CT molecular complexity index is 1010. The number of likely N-dealkylation sites (tertiary alicyclic amines) is 1. The molecule has 34 heavy (non-hydrogen) atoms. The predicted molar refractivity (Wildman–Crippen MR) is 125 cm³/mol. The van der Waals surface area contributed by atoms with Crippen molar-refractivity contribution in [3.05, 3.63) is 35.4 Å². The number of unbranched alkanes of at least 4 members (excludes halogenated alkanes) is 1. The van der Waals surface area contributed by atoms with Crippen LogP contribution in [-0.2, 0) is 21.3 Å². The Morgan fingerprint density at radius 2 is 2.15 bits per heavy atom. The van der Waals surface area contributed by atoms with Crippen LogP contribution in [0.25, 0.3) is 0 Å². The van der Waals surface area contributed by atoms with Gasteiger partial charge in [0.25, 0.3) is 0 Å². The first kappa shape index (κ1) is 22.2. The third kappa shape index (κ3) is 3.19. The highest BCUT2D eigenvalue weighted by Crippen LogP contribution is 2.66. The molecular weight excluding hydrogens is 434 g/mol. The predicted octanol–water partition coefficient (Wildman–Crippen LogP) is 4.10. The highest BCUT2D eigenvalue weighted by molar-refractivity contribution is 5.64. The number of piperidine rings is 1. The maximum absolute atomic E-state index is 12.4. The number of rotatable bonds is 8. The minimum absolute atomic E-state index is 0.104. The number of hydrogen-bond donors (Lipinski definition) is 1. The molecule has 3 aliphatic carbocycles. The minimum atomic E-state index is -0.845. The first-order valence-electron chi connectivity index (χ1n) is 12.9. The van der Waals surface area contributed by atoms with E-state index in [0.29, 0.717) is 24.5 Å². The number of hydrogen-bond acceptors (Lipinski definition) is 7. The number of carbonyl (C=O) groups is 1. The van der Waals surface area contributed by atoms with E-state index in [9.17, 15) is 9.90 Å². The van der Waals surface area contributed by atoms with Gasteiger partial charge in [-0.25, -0.2) is 4.79 Å². The first-order valence-corrected chi connectivity index (χ1v) is 12.9. The largest absolute Gasteiger partial charge is 0.511 e. The van der Waals surface area contributed by atoms with Crippen LogP contribution >= 0.6 is 0 Å². The number of carbonyl (C=O) groups excluding carboxylic acids is 1. The van der Waals surface area contributed by atoms with Crippen LogP contribution in [0.4, 0.5) is 4.79 Å². The molecule has 2 aliphatic heterocycles. The van der Waals surface area contributed by atoms with Crippen molar-refractivity contribution in [1.29, 1.82) is 0 Å². The van der Waals surface area contributed by atoms with E-state index in [1.165, 1.54) is 18.4 Å². The monoisotopic (exact) mass is 469 g/mol. The third-order valence-electron chi connectivity index (χ3n) is 8.81. The summed E-state index contributed by atoms with van der Waals surface area (Å²) in [5, 5.41) is 12.4. The minimum Gasteiger partial charge on any atom is -0.481 e. The van der Waals surface area contributed by atoms with Crippen LogP contribution in [0, 0.1) is 5.92 Å². The van der Waals surface area contributed by atoms with Crippen LogP contribution in [0.2, 0.25) is 0 Å². The molecule has 1 spiro atoms. The maximum atomic E-state index is 12.4. The highest BCUT2D eigenvalue weighted by atomic mass is 16.8. The molecule has 3 fully saturated rings. The summed E-state index contributed by atoms with van der Waals surface area (Å²) in [5.74, 6) is 2.01. The van der Waals surface area contributed by atoms with Gasteiger partial charge in [0, 0.05) is 18.2 Å². The molecule has 2 saturated carbocycles. The normalized spacial score (nSPS) is 33.2. The molecule has 7 nitrogen and oxygen atoms in total. The molecule has 0 radical (unpaired) electrons. The standard InChI is InChI=1S/C27H35NO6/c1-3-4-13-31-25(29)33-16-32-20-8-7-19-14-21-27(30)10-9-17(2)24-26(27,22(19)23(20)34-24)11-12-28(21)15-18-5-6-18/h7-8,18,21,24,30H,2-6,9-16H2,1H3/t21?,24-,26-,27+/m0/s1. The Morgan fingerprint density at radius 3 is 2.94 bits per heavy atom. The van der Waals surface area contributed by atoms with Gasteiger partial charge in [-0.15, -0.1) is 0 Å². The van der Waals surface area contributed by atoms with Gasteiger partial charge in [-0.1, -0.05) is 26.0 Å². The summed E-state index contributed by atoms with van der Waals surface area (Å²) in [5.41, 5.74) is 2.03. The molecule has 184 valence electrons. The average Bonchev–Trinajstić information content (AvgIpc) is 3.56. The fourth-order valence-corrected chi connectivity index (χ4v) is 6.98. The lowest BCUT2D eigenvalue weighted by molar-refractivity contribution is -0.174. The summed E-state index contributed by atoms with van der Waals surface area (Å²) in [6.07, 6.45) is 6.53. The second kappa shape index (κ2) is 8.16. The zero-order valence-electron chi connectivity index (χ0n) is 20.0. The molecule has 0 aromatic heterocycles. The van der Waals surface area contributed by atoms with Gasteiger partial charge in [-0.2, -0.15) is 0 Å². The molecule has 1 saturated heterocycles. The van der Waals surface area contributed by atoms with E-state index in [-0.39, 0.29) is 18.9 Å². The van der Waals surface area contributed by atoms with Crippen LogP contribution < -0.4 is 9.47 Å². The first-order chi connectivity index (χ1) is 16.5. The fraction of sp³-hybridized carbons (Fsp3) is 0.667. The molecule has 7 heteroatoms. The van der Waals surface area contributed by atoms with E-state index >= 15 is 0 Å². The molecular formula is C27H35NO6. The molecule has 6 rings (SSSR count). The Labute approximate surface area is 201 Å². The molecule has 0 amide bonds. The zero-order chi connectivity index (χ0) is 23.5. The number of aliphatic hydroxyl groups is 1. The smallest absolute Gasteiger partial charge is 0.481 e. The van der Waals surface area contributed by atoms with Gasteiger partial charge in [-0.05, 0) is 74.6 Å². The lowest BCUT2D eigenvalue weighted by Crippen LogP contribution is -2.75. The van der Waals surface area contributed by atoms with Gasteiger partial charge < -0.3 is 24.1 Å². The van der Waals surface area contributed by atoms with Crippen LogP contribution in [0.15, 0.2) is 24.3 Å². The molecule has 1 unspecified atom stereocenters. The van der Waals surface area contributed by atoms with Crippen molar-refractivity contribution >= 4 is 6.16 Å². The Morgan fingerprint density at radius 1 is 1.29 bits per heavy atom. The Hall–Kier alpha value is -2.25. The van der Waals surface area contributed by atoms with E-state index in [1.807, 2.05) is 13.0 Å². The maximum Gasteiger partial charge on any atom is 0.511 e. The van der Waals surface area contributed by atoms with Crippen molar-refractivity contribution in [3.8, 4) is 11.5 Å². The SMILES string of the molecule is C=C1CC[C@@]2(O)C3Cc4ccc(OCOC(=O)OCCCC)c5c4[C@@]2(CCN3CC2CC2)[C@H]1O5. The number of benzene rings is 1. The zero-order valence-corrected chi connectivity index (χ0v) is 20.0. The summed E-state index contributed by atoms with van der Waals surface area (Å²) in [7, 11) is 0. The van der Waals surface area contributed by atoms with Crippen molar-refractivity contribution in [2.24, 2.45) is 5.92 Å². The van der Waals surface area contributed by atoms with Crippen LogP contribution in [-0.4, -0.2) is 60.4 Å². The van der Waals surface area contributed by atoms with Crippen molar-refractivity contribution in [1.82, 2.24) is 4.90 Å². The average molecular weight is 470 g/mol. The molecule has 2 bridgehead atoms. The second-order valence-corrected chi connectivity index (χ2v) is 10.7. The van der Waals surface area contributed by atoms with Crippen LogP contribution in [0.1, 0.15) is 63.0 Å². The fourth-order valence-electron chi connectivity index (χ4n) is 6.98. The molecule has 5 aliphatic rings. The van der Waals surface area contributed by atoms with E-state index in [4.69, 9.17) is 18.9 Å². The van der Waals surface area contributed by atoms with Crippen LogP contribution in [0.3, 0.4) is 0 Å². The second-order valence-electron chi connectivity index (χ2n) is 10.7. The van der Waals surface area contributed by atoms with Gasteiger partial charge in [0.05, 0.1) is 17.6 Å². The molecule has 4 atom stereocenters. The van der Waals surface area contributed by atoms with Crippen molar-refractivity contribution < 1.29 is 28.8 Å². The summed E-state index contributed by atoms with van der Waals surface area (Å²) >= 11 is 0. The summed E-state index contributed by atoms with van der Waals surface area (Å²) in [4.78, 5) is 14.3. The molecule has 1 aromatic rings. The van der Waals surface area contributed by atoms with Crippen LogP contribution in [0.5, 0.6) is 11.5 Å². The highest BCUT2D eigenvalue weighted by Gasteiger charge is 2.72.